The molecule has 0 radical (unpaired) electrons. The standard InChI is InChI=1S/C45H62N2O9S2/c1-7-9-11-15-25-46(26-16-12-10-8-2)36-22-24-38-41(33-36)56-44(49)39(43(38)48)20-14-13-19-34-31-42(45(3,4)5)55-40-32-35(21-23-37(34)40)47(27-17-29-57(6,50)51)28-18-30-58(52,53)54/h13-14,19-24,31-33H,7-12,15-18,25-30H2,1-6H3,(H,52,53,54)/p+1. The first-order valence-corrected chi connectivity index (χ1v) is 24.3. The predicted molar refractivity (Wildman–Crippen MR) is 237 cm³/mol. The summed E-state index contributed by atoms with van der Waals surface area (Å²) >= 11 is 0. The molecule has 318 valence electrons. The molecule has 1 aliphatic heterocycles. The Morgan fingerprint density at radius 1 is 0.776 bits per heavy atom. The molecule has 0 fully saturated rings. The molecule has 1 aromatic carbocycles. The lowest BCUT2D eigenvalue weighted by atomic mass is 9.90. The largest absolute Gasteiger partial charge is 0.506 e. The molecular weight excluding hydrogens is 777 g/mol. The van der Waals surface area contributed by atoms with Crippen LogP contribution >= 0.6 is 0 Å². The zero-order chi connectivity index (χ0) is 42.5. The Balaban J connectivity index is 1.66. The zero-order valence-corrected chi connectivity index (χ0v) is 36.8. The summed E-state index contributed by atoms with van der Waals surface area (Å²) in [4.78, 5) is 15.6. The molecule has 0 bridgehead atoms. The van der Waals surface area contributed by atoms with E-state index >= 15 is 0 Å². The number of aromatic hydroxyl groups is 1. The smallest absolute Gasteiger partial charge is 0.347 e. The minimum absolute atomic E-state index is 0.0204. The van der Waals surface area contributed by atoms with Gasteiger partial charge in [0.15, 0.2) is 0 Å². The van der Waals surface area contributed by atoms with Crippen molar-refractivity contribution in [3.05, 3.63) is 87.3 Å². The number of sulfone groups is 1. The van der Waals surface area contributed by atoms with E-state index in [9.17, 15) is 31.3 Å². The molecule has 2 aromatic rings. The van der Waals surface area contributed by atoms with Crippen molar-refractivity contribution in [1.29, 1.82) is 0 Å². The van der Waals surface area contributed by atoms with Crippen molar-refractivity contribution in [1.82, 2.24) is 4.58 Å². The van der Waals surface area contributed by atoms with Gasteiger partial charge in [0.2, 0.25) is 5.36 Å². The van der Waals surface area contributed by atoms with Crippen LogP contribution in [-0.2, 0) is 25.4 Å². The van der Waals surface area contributed by atoms with Crippen LogP contribution in [0.1, 0.15) is 116 Å². The minimum atomic E-state index is -4.16. The number of nitrogens with zero attached hydrogens (tertiary/aromatic N) is 2. The first-order chi connectivity index (χ1) is 27.4. The Hall–Kier alpha value is -4.20. The highest BCUT2D eigenvalue weighted by Gasteiger charge is 2.22. The van der Waals surface area contributed by atoms with E-state index in [0.29, 0.717) is 35.5 Å². The third kappa shape index (κ3) is 14.3. The summed E-state index contributed by atoms with van der Waals surface area (Å²) < 4.78 is 69.9. The Kier molecular flexibility index (Phi) is 17.0. The van der Waals surface area contributed by atoms with Gasteiger partial charge in [0, 0.05) is 61.0 Å². The number of anilines is 1. The third-order valence-electron chi connectivity index (χ3n) is 10.1. The molecule has 0 saturated carbocycles. The maximum atomic E-state index is 13.2. The van der Waals surface area contributed by atoms with Crippen molar-refractivity contribution in [2.24, 2.45) is 0 Å². The van der Waals surface area contributed by atoms with Crippen molar-refractivity contribution in [2.45, 2.75) is 104 Å². The van der Waals surface area contributed by atoms with Crippen LogP contribution in [0.15, 0.2) is 68.2 Å². The zero-order valence-electron chi connectivity index (χ0n) is 35.1. The van der Waals surface area contributed by atoms with Gasteiger partial charge in [0.05, 0.1) is 23.0 Å². The molecule has 1 aliphatic carbocycles. The van der Waals surface area contributed by atoms with Gasteiger partial charge < -0.3 is 18.8 Å². The lowest BCUT2D eigenvalue weighted by Gasteiger charge is -2.25. The molecule has 0 spiro atoms. The Morgan fingerprint density at radius 2 is 1.41 bits per heavy atom. The fraction of sp³-hybridized carbons (Fsp3) is 0.511. The molecule has 11 nitrogen and oxygen atoms in total. The quantitative estimate of drug-likeness (QED) is 0.0258. The number of fused-ring (bicyclic) bond motifs is 2. The van der Waals surface area contributed by atoms with E-state index in [2.05, 4.69) is 18.7 Å². The molecular formula is C45H63N2O9S2+. The van der Waals surface area contributed by atoms with Gasteiger partial charge in [-0.2, -0.15) is 8.42 Å². The SMILES string of the molecule is CCCCCCN(CCCCCC)c1ccc2c(O)c(/C=C/C=C/c3cc(C(C)(C)C)oc4cc(=[N+](CCCS(C)(=O)=O)CCCS(=O)(=O)O)ccc3-4)c(=O)oc2c1. The summed E-state index contributed by atoms with van der Waals surface area (Å²) in [5.41, 5.74) is 2.03. The molecule has 1 aromatic heterocycles. The van der Waals surface area contributed by atoms with Crippen LogP contribution in [0, 0.1) is 0 Å². The number of allylic oxidation sites excluding steroid dienone is 2. The van der Waals surface area contributed by atoms with Crippen LogP contribution in [0.3, 0.4) is 0 Å². The lowest BCUT2D eigenvalue weighted by molar-refractivity contribution is 0.404. The fourth-order valence-corrected chi connectivity index (χ4v) is 8.05. The first-order valence-electron chi connectivity index (χ1n) is 20.6. The van der Waals surface area contributed by atoms with Crippen molar-refractivity contribution < 1.29 is 35.3 Å². The van der Waals surface area contributed by atoms with Gasteiger partial charge in [-0.25, -0.2) is 17.8 Å². The molecule has 2 heterocycles. The van der Waals surface area contributed by atoms with E-state index < -0.39 is 31.3 Å². The van der Waals surface area contributed by atoms with Crippen LogP contribution in [-0.4, -0.2) is 70.4 Å². The van der Waals surface area contributed by atoms with E-state index in [4.69, 9.17) is 8.83 Å². The maximum Gasteiger partial charge on any atom is 0.347 e. The molecule has 13 heteroatoms. The summed E-state index contributed by atoms with van der Waals surface area (Å²) in [7, 11) is -7.35. The van der Waals surface area contributed by atoms with E-state index in [1.54, 1.807) is 12.2 Å². The van der Waals surface area contributed by atoms with E-state index in [-0.39, 0.29) is 35.4 Å². The minimum Gasteiger partial charge on any atom is -0.506 e. The second kappa shape index (κ2) is 21.2. The van der Waals surface area contributed by atoms with E-state index in [1.165, 1.54) is 50.9 Å². The number of hydrogen-bond acceptors (Lipinski definition) is 9. The fourth-order valence-electron chi connectivity index (χ4n) is 6.90. The number of unbranched alkanes of at least 4 members (excludes halogenated alkanes) is 6. The number of benzene rings is 2. The van der Waals surface area contributed by atoms with Crippen molar-refractivity contribution >= 4 is 48.8 Å². The second-order valence-electron chi connectivity index (χ2n) is 16.3. The highest BCUT2D eigenvalue weighted by atomic mass is 32.2. The summed E-state index contributed by atoms with van der Waals surface area (Å²) in [6.45, 7) is 13.0. The average Bonchev–Trinajstić information content (AvgIpc) is 3.14. The Labute approximate surface area is 344 Å². The predicted octanol–water partition coefficient (Wildman–Crippen LogP) is 8.67. The maximum absolute atomic E-state index is 13.2. The summed E-state index contributed by atoms with van der Waals surface area (Å²) in [6, 6.07) is 13.3. The highest BCUT2D eigenvalue weighted by Crippen LogP contribution is 2.34. The summed E-state index contributed by atoms with van der Waals surface area (Å²) in [5, 5.41) is 12.5. The van der Waals surface area contributed by atoms with Crippen molar-refractivity contribution in [3.8, 4) is 17.1 Å². The molecule has 0 amide bonds. The second-order valence-corrected chi connectivity index (χ2v) is 20.1. The summed E-state index contributed by atoms with van der Waals surface area (Å²) in [6.07, 6.45) is 17.8. The molecule has 4 rings (SSSR count). The van der Waals surface area contributed by atoms with Gasteiger partial charge in [-0.3, -0.25) is 4.55 Å². The third-order valence-corrected chi connectivity index (χ3v) is 12.0. The average molecular weight is 840 g/mol. The monoisotopic (exact) mass is 839 g/mol. The lowest BCUT2D eigenvalue weighted by Crippen LogP contribution is -2.33. The van der Waals surface area contributed by atoms with Gasteiger partial charge in [0.25, 0.3) is 10.1 Å². The van der Waals surface area contributed by atoms with Gasteiger partial charge in [-0.05, 0) is 48.7 Å². The molecule has 0 saturated heterocycles. The van der Waals surface area contributed by atoms with Gasteiger partial charge in [-0.15, -0.1) is 0 Å². The highest BCUT2D eigenvalue weighted by molar-refractivity contribution is 7.90. The molecule has 0 atom stereocenters. The van der Waals surface area contributed by atoms with Gasteiger partial charge >= 0.3 is 5.63 Å². The normalized spacial score (nSPS) is 13.4. The Morgan fingerprint density at radius 3 is 2.02 bits per heavy atom. The van der Waals surface area contributed by atoms with Crippen molar-refractivity contribution in [3.63, 3.8) is 0 Å². The molecule has 2 aliphatic rings. The van der Waals surface area contributed by atoms with Crippen molar-refractivity contribution in [2.75, 3.05) is 48.8 Å². The molecule has 0 unspecified atom stereocenters. The van der Waals surface area contributed by atoms with Crippen LogP contribution in [0.2, 0.25) is 0 Å². The van der Waals surface area contributed by atoms with Gasteiger partial charge in [0.1, 0.15) is 51.3 Å². The van der Waals surface area contributed by atoms with E-state index in [0.717, 1.165) is 48.1 Å². The number of rotatable bonds is 22. The van der Waals surface area contributed by atoms with E-state index in [1.807, 2.05) is 73.9 Å². The molecule has 2 N–H and O–H groups in total. The number of hydrogen-bond donors (Lipinski definition) is 2. The van der Waals surface area contributed by atoms with Crippen LogP contribution in [0.25, 0.3) is 34.4 Å². The summed E-state index contributed by atoms with van der Waals surface area (Å²) in [5.74, 6) is 0.714. The topological polar surface area (TPSA) is 158 Å². The van der Waals surface area contributed by atoms with Crippen LogP contribution in [0.4, 0.5) is 5.69 Å². The van der Waals surface area contributed by atoms with Crippen LogP contribution in [0.5, 0.6) is 5.75 Å². The molecule has 58 heavy (non-hydrogen) atoms. The first kappa shape index (κ1) is 46.5. The van der Waals surface area contributed by atoms with Crippen LogP contribution < -0.4 is 20.5 Å². The van der Waals surface area contributed by atoms with Gasteiger partial charge in [-0.1, -0.05) is 91.4 Å². The Bertz CT molecular complexity index is 2320.